The van der Waals surface area contributed by atoms with Gasteiger partial charge in [-0.2, -0.15) is 0 Å². The smallest absolute Gasteiger partial charge is 0.266 e. The van der Waals surface area contributed by atoms with Gasteiger partial charge in [-0.05, 0) is 95.4 Å². The molecule has 0 saturated carbocycles. The molecule has 0 spiro atoms. The first-order chi connectivity index (χ1) is 22.7. The molecule has 0 radical (unpaired) electrons. The molecular weight excluding hydrogens is 723 g/mol. The molecule has 4 aromatic carbocycles. The number of halogens is 3. The number of carbonyl (C=O) groups is 2. The predicted molar refractivity (Wildman–Crippen MR) is 177 cm³/mol. The number of fused-ring (bicyclic) bond motifs is 8. The molecule has 232 valence electrons. The fraction of sp³-hybridized carbons (Fsp3) is 0.118. The third-order valence-electron chi connectivity index (χ3n) is 8.36. The van der Waals surface area contributed by atoms with Crippen LogP contribution in [0.25, 0.3) is 33.2 Å². The molecule has 1 saturated heterocycles. The van der Waals surface area contributed by atoms with Gasteiger partial charge in [-0.3, -0.25) is 28.3 Å². The second kappa shape index (κ2) is 11.0. The van der Waals surface area contributed by atoms with Gasteiger partial charge in [0.15, 0.2) is 11.6 Å². The van der Waals surface area contributed by atoms with E-state index in [0.717, 1.165) is 34.5 Å². The van der Waals surface area contributed by atoms with Crippen LogP contribution in [0.1, 0.15) is 32.4 Å². The Kier molecular flexibility index (Phi) is 6.84. The maximum atomic E-state index is 13.5. The number of ether oxygens (including phenoxy) is 1. The molecule has 9 rings (SSSR count). The minimum Gasteiger partial charge on any atom is -0.378 e. The number of ketones is 2. The number of benzene rings is 4. The number of morpholine rings is 1. The molecule has 2 aromatic heterocycles. The number of carbonyl (C=O) groups excluding carboxylic acids is 2. The molecular formula is C34H20F2IN5O5. The van der Waals surface area contributed by atoms with Gasteiger partial charge in [0, 0.05) is 22.3 Å². The highest BCUT2D eigenvalue weighted by atomic mass is 127. The summed E-state index contributed by atoms with van der Waals surface area (Å²) >= 11 is 2.11. The van der Waals surface area contributed by atoms with E-state index in [1.807, 2.05) is 12.1 Å². The van der Waals surface area contributed by atoms with E-state index in [0.29, 0.717) is 46.4 Å². The Labute approximate surface area is 277 Å². The Hall–Kier alpha value is -5.15. The van der Waals surface area contributed by atoms with Crippen molar-refractivity contribution in [3.8, 4) is 11.4 Å². The van der Waals surface area contributed by atoms with Crippen LogP contribution in [0.4, 0.5) is 14.5 Å². The molecule has 3 aliphatic rings. The maximum absolute atomic E-state index is 13.5. The van der Waals surface area contributed by atoms with Gasteiger partial charge in [0.2, 0.25) is 11.6 Å². The van der Waals surface area contributed by atoms with Crippen LogP contribution >= 0.6 is 22.6 Å². The Morgan fingerprint density at radius 1 is 0.638 bits per heavy atom. The van der Waals surface area contributed by atoms with E-state index in [9.17, 15) is 28.0 Å². The van der Waals surface area contributed by atoms with E-state index in [2.05, 4.69) is 37.5 Å². The molecule has 10 nitrogen and oxygen atoms in total. The van der Waals surface area contributed by atoms with Crippen molar-refractivity contribution in [1.29, 1.82) is 0 Å². The summed E-state index contributed by atoms with van der Waals surface area (Å²) in [6, 6.07) is 18.3. The van der Waals surface area contributed by atoms with E-state index < -0.39 is 23.2 Å². The summed E-state index contributed by atoms with van der Waals surface area (Å²) in [7, 11) is 0. The van der Waals surface area contributed by atoms with E-state index >= 15 is 0 Å². The van der Waals surface area contributed by atoms with Crippen LogP contribution < -0.4 is 16.0 Å². The summed E-state index contributed by atoms with van der Waals surface area (Å²) < 4.78 is 35.7. The summed E-state index contributed by atoms with van der Waals surface area (Å²) in [5.41, 5.74) is 2.33. The van der Waals surface area contributed by atoms with Gasteiger partial charge < -0.3 is 9.64 Å². The SMILES string of the molecule is O=C1c2cc(F)ccc2-n2c1nc1cc(I)ccc1c2=O.O=C1c2cc(F)ccc2-n2c1nc1cc(N3CCOCC3)ccc1c2=O. The molecule has 0 N–H and O–H groups in total. The Morgan fingerprint density at radius 2 is 1.15 bits per heavy atom. The molecule has 13 heteroatoms. The Bertz CT molecular complexity index is 2490. The Morgan fingerprint density at radius 3 is 1.70 bits per heavy atom. The maximum Gasteiger partial charge on any atom is 0.266 e. The largest absolute Gasteiger partial charge is 0.378 e. The molecule has 0 unspecified atom stereocenters. The van der Waals surface area contributed by atoms with Crippen LogP contribution in [0.15, 0.2) is 82.4 Å². The zero-order valence-corrected chi connectivity index (χ0v) is 26.3. The number of aromatic nitrogens is 4. The number of anilines is 1. The molecule has 1 fully saturated rings. The van der Waals surface area contributed by atoms with Gasteiger partial charge in [-0.25, -0.2) is 18.7 Å². The topological polar surface area (TPSA) is 116 Å². The average molecular weight is 743 g/mol. The quantitative estimate of drug-likeness (QED) is 0.225. The van der Waals surface area contributed by atoms with Gasteiger partial charge in [0.05, 0.1) is 57.5 Å². The number of rotatable bonds is 1. The minimum absolute atomic E-state index is 0.0298. The molecule has 6 aromatic rings. The van der Waals surface area contributed by atoms with Crippen molar-refractivity contribution in [1.82, 2.24) is 19.1 Å². The Balaban J connectivity index is 0.000000141. The highest BCUT2D eigenvalue weighted by Crippen LogP contribution is 2.29. The summed E-state index contributed by atoms with van der Waals surface area (Å²) in [4.78, 5) is 61.4. The molecule has 3 aliphatic heterocycles. The lowest BCUT2D eigenvalue weighted by Crippen LogP contribution is -2.36. The van der Waals surface area contributed by atoms with E-state index in [4.69, 9.17) is 4.74 Å². The van der Waals surface area contributed by atoms with Crippen LogP contribution in [-0.2, 0) is 4.74 Å². The van der Waals surface area contributed by atoms with Crippen molar-refractivity contribution < 1.29 is 23.1 Å². The molecule has 47 heavy (non-hydrogen) atoms. The predicted octanol–water partition coefficient (Wildman–Crippen LogP) is 4.58. The lowest BCUT2D eigenvalue weighted by molar-refractivity contribution is 0.102. The fourth-order valence-corrected chi connectivity index (χ4v) is 6.59. The molecule has 5 heterocycles. The number of hydrogen-bond donors (Lipinski definition) is 0. The first-order valence-corrected chi connectivity index (χ1v) is 15.6. The first kappa shape index (κ1) is 29.3. The highest BCUT2D eigenvalue weighted by molar-refractivity contribution is 14.1. The van der Waals surface area contributed by atoms with Crippen molar-refractivity contribution in [2.24, 2.45) is 0 Å². The van der Waals surface area contributed by atoms with E-state index in [1.54, 1.807) is 24.3 Å². The van der Waals surface area contributed by atoms with Crippen molar-refractivity contribution in [2.75, 3.05) is 31.2 Å². The standard InChI is InChI=1S/C19H14FN3O3.C15H6FIN2O2/c20-11-1-4-16-14(9-11)17(24)18-21-15-10-12(22-5-7-26-8-6-22)2-3-13(15)19(25)23(16)18;16-7-1-4-12-10(5-7)13(20)14-18-11-6-8(17)2-3-9(11)15(21)19(12)14/h1-4,9-10H,5-8H2;1-6H. The van der Waals surface area contributed by atoms with Crippen molar-refractivity contribution in [3.05, 3.63) is 131 Å². The van der Waals surface area contributed by atoms with Gasteiger partial charge in [0.1, 0.15) is 11.6 Å². The lowest BCUT2D eigenvalue weighted by Gasteiger charge is -2.28. The zero-order valence-electron chi connectivity index (χ0n) is 24.2. The van der Waals surface area contributed by atoms with Gasteiger partial charge in [0.25, 0.3) is 11.1 Å². The van der Waals surface area contributed by atoms with E-state index in [-0.39, 0.29) is 33.9 Å². The van der Waals surface area contributed by atoms with Crippen LogP contribution in [0.3, 0.4) is 0 Å². The molecule has 0 bridgehead atoms. The number of nitrogens with zero attached hydrogens (tertiary/aromatic N) is 5. The lowest BCUT2D eigenvalue weighted by atomic mass is 10.1. The van der Waals surface area contributed by atoms with Gasteiger partial charge in [-0.15, -0.1) is 0 Å². The fourth-order valence-electron chi connectivity index (χ4n) is 6.11. The molecule has 0 atom stereocenters. The van der Waals surface area contributed by atoms with E-state index in [1.165, 1.54) is 33.4 Å². The van der Waals surface area contributed by atoms with Crippen molar-refractivity contribution in [2.45, 2.75) is 0 Å². The normalized spacial score (nSPS) is 14.5. The van der Waals surface area contributed by atoms with Crippen molar-refractivity contribution >= 4 is 61.7 Å². The van der Waals surface area contributed by atoms with Crippen molar-refractivity contribution in [3.63, 3.8) is 0 Å². The summed E-state index contributed by atoms with van der Waals surface area (Å²) in [6.07, 6.45) is 0. The molecule has 0 aliphatic carbocycles. The average Bonchev–Trinajstić information content (AvgIpc) is 3.51. The first-order valence-electron chi connectivity index (χ1n) is 14.5. The highest BCUT2D eigenvalue weighted by Gasteiger charge is 2.32. The summed E-state index contributed by atoms with van der Waals surface area (Å²) in [5, 5.41) is 0.861. The van der Waals surface area contributed by atoms with Gasteiger partial charge >= 0.3 is 0 Å². The second-order valence-electron chi connectivity index (χ2n) is 11.1. The minimum atomic E-state index is -0.517. The van der Waals surface area contributed by atoms with Crippen LogP contribution in [0.2, 0.25) is 0 Å². The van der Waals surface area contributed by atoms with Crippen LogP contribution in [0, 0.1) is 15.2 Å². The molecule has 0 amide bonds. The second-order valence-corrected chi connectivity index (χ2v) is 12.3. The van der Waals surface area contributed by atoms with Crippen LogP contribution in [0.5, 0.6) is 0 Å². The third kappa shape index (κ3) is 4.67. The third-order valence-corrected chi connectivity index (χ3v) is 9.03. The number of hydrogen-bond acceptors (Lipinski definition) is 8. The summed E-state index contributed by atoms with van der Waals surface area (Å²) in [5.74, 6) is -1.82. The van der Waals surface area contributed by atoms with Crippen LogP contribution in [-0.4, -0.2) is 57.0 Å². The van der Waals surface area contributed by atoms with Gasteiger partial charge in [-0.1, -0.05) is 0 Å². The monoisotopic (exact) mass is 743 g/mol. The zero-order chi connectivity index (χ0) is 32.6. The summed E-state index contributed by atoms with van der Waals surface area (Å²) in [6.45, 7) is 2.83.